The highest BCUT2D eigenvalue weighted by molar-refractivity contribution is 8.02. The Labute approximate surface area is 207 Å². The van der Waals surface area contributed by atoms with Crippen molar-refractivity contribution in [2.45, 2.75) is 25.1 Å². The molecule has 3 amide bonds. The van der Waals surface area contributed by atoms with Gasteiger partial charge in [0, 0.05) is 16.9 Å². The molecule has 35 heavy (non-hydrogen) atoms. The number of amides is 3. The van der Waals surface area contributed by atoms with Crippen molar-refractivity contribution < 1.29 is 18.8 Å². The highest BCUT2D eigenvalue weighted by Crippen LogP contribution is 2.55. The van der Waals surface area contributed by atoms with Gasteiger partial charge in [-0.2, -0.15) is 0 Å². The summed E-state index contributed by atoms with van der Waals surface area (Å²) in [6.07, 6.45) is 0.761. The predicted molar refractivity (Wildman–Crippen MR) is 136 cm³/mol. The van der Waals surface area contributed by atoms with Crippen LogP contribution >= 0.6 is 11.8 Å². The molecule has 0 unspecified atom stereocenters. The number of aryl methyl sites for hydroxylation is 2. The number of thioether (sulfide) groups is 1. The molecule has 1 spiro atoms. The van der Waals surface area contributed by atoms with Crippen molar-refractivity contribution in [3.05, 3.63) is 89.2 Å². The summed E-state index contributed by atoms with van der Waals surface area (Å²) >= 11 is 1.22. The Morgan fingerprint density at radius 2 is 1.80 bits per heavy atom. The molecule has 0 aromatic heterocycles. The summed E-state index contributed by atoms with van der Waals surface area (Å²) in [5.74, 6) is -1.27. The topological polar surface area (TPSA) is 69.7 Å². The Morgan fingerprint density at radius 1 is 1.06 bits per heavy atom. The second-order valence-corrected chi connectivity index (χ2v) is 9.73. The molecule has 3 aromatic carbocycles. The summed E-state index contributed by atoms with van der Waals surface area (Å²) in [5.41, 5.74) is 4.38. The first kappa shape index (κ1) is 23.1. The van der Waals surface area contributed by atoms with Crippen LogP contribution in [0.15, 0.2) is 66.7 Å². The van der Waals surface area contributed by atoms with Crippen molar-refractivity contribution in [1.29, 1.82) is 0 Å². The first-order valence-electron chi connectivity index (χ1n) is 11.4. The average Bonchev–Trinajstić information content (AvgIpc) is 3.32. The van der Waals surface area contributed by atoms with Gasteiger partial charge in [-0.25, -0.2) is 4.39 Å². The van der Waals surface area contributed by atoms with Crippen LogP contribution in [0.2, 0.25) is 0 Å². The van der Waals surface area contributed by atoms with Gasteiger partial charge in [-0.1, -0.05) is 43.3 Å². The fourth-order valence-corrected chi connectivity index (χ4v) is 6.19. The molecule has 2 heterocycles. The van der Waals surface area contributed by atoms with Gasteiger partial charge in [0.1, 0.15) is 12.4 Å². The SMILES string of the molecule is CCc1cccc(C)c1NC(=O)CN1C(=O)[C@]2(SCC(=O)N2c2ccc(F)cc2)c2ccccc21. The van der Waals surface area contributed by atoms with Gasteiger partial charge in [-0.15, -0.1) is 11.8 Å². The van der Waals surface area contributed by atoms with Crippen molar-refractivity contribution in [2.24, 2.45) is 0 Å². The van der Waals surface area contributed by atoms with Gasteiger partial charge in [0.2, 0.25) is 16.7 Å². The molecule has 1 N–H and O–H groups in total. The Balaban J connectivity index is 1.51. The summed E-state index contributed by atoms with van der Waals surface area (Å²) < 4.78 is 13.6. The number of carbonyl (C=O) groups is 3. The van der Waals surface area contributed by atoms with E-state index in [0.717, 1.165) is 23.2 Å². The van der Waals surface area contributed by atoms with Crippen molar-refractivity contribution >= 4 is 46.5 Å². The lowest BCUT2D eigenvalue weighted by molar-refractivity contribution is -0.124. The number of nitrogens with one attached hydrogen (secondary N) is 1. The van der Waals surface area contributed by atoms with E-state index in [1.54, 1.807) is 12.1 Å². The number of para-hydroxylation sites is 2. The van der Waals surface area contributed by atoms with Crippen molar-refractivity contribution in [3.8, 4) is 0 Å². The monoisotopic (exact) mass is 489 g/mol. The number of halogens is 1. The molecule has 5 rings (SSSR count). The third kappa shape index (κ3) is 3.69. The molecular weight excluding hydrogens is 465 g/mol. The number of hydrogen-bond acceptors (Lipinski definition) is 4. The fraction of sp³-hybridized carbons (Fsp3) is 0.222. The molecule has 0 saturated carbocycles. The van der Waals surface area contributed by atoms with Gasteiger partial charge in [0.05, 0.1) is 11.4 Å². The Kier molecular flexibility index (Phi) is 5.84. The first-order valence-corrected chi connectivity index (χ1v) is 12.4. The molecule has 6 nitrogen and oxygen atoms in total. The number of nitrogens with zero attached hydrogens (tertiary/aromatic N) is 2. The minimum atomic E-state index is -1.34. The zero-order valence-corrected chi connectivity index (χ0v) is 20.2. The van der Waals surface area contributed by atoms with Crippen molar-refractivity contribution in [3.63, 3.8) is 0 Å². The smallest absolute Gasteiger partial charge is 0.269 e. The number of benzene rings is 3. The number of anilines is 3. The molecule has 1 atom stereocenters. The zero-order chi connectivity index (χ0) is 24.7. The number of hydrogen-bond donors (Lipinski definition) is 1. The molecule has 1 saturated heterocycles. The van der Waals surface area contributed by atoms with E-state index in [2.05, 4.69) is 5.32 Å². The van der Waals surface area contributed by atoms with Crippen LogP contribution in [0.1, 0.15) is 23.6 Å². The number of fused-ring (bicyclic) bond motifs is 2. The van der Waals surface area contributed by atoms with Gasteiger partial charge in [-0.3, -0.25) is 24.2 Å². The lowest BCUT2D eigenvalue weighted by Gasteiger charge is -2.33. The molecule has 2 aliphatic rings. The lowest BCUT2D eigenvalue weighted by Crippen LogP contribution is -2.50. The van der Waals surface area contributed by atoms with E-state index in [1.807, 2.05) is 44.2 Å². The van der Waals surface area contributed by atoms with Gasteiger partial charge in [-0.05, 0) is 54.8 Å². The predicted octanol–water partition coefficient (Wildman–Crippen LogP) is 4.61. The highest BCUT2D eigenvalue weighted by Gasteiger charge is 2.61. The Morgan fingerprint density at radius 3 is 2.54 bits per heavy atom. The van der Waals surface area contributed by atoms with E-state index >= 15 is 0 Å². The number of carbonyl (C=O) groups excluding carboxylic acids is 3. The normalized spacial score (nSPS) is 18.9. The third-order valence-electron chi connectivity index (χ3n) is 6.45. The highest BCUT2D eigenvalue weighted by atomic mass is 32.2. The largest absolute Gasteiger partial charge is 0.324 e. The van der Waals surface area contributed by atoms with Gasteiger partial charge >= 0.3 is 0 Å². The molecule has 0 radical (unpaired) electrons. The summed E-state index contributed by atoms with van der Waals surface area (Å²) in [5, 5.41) is 2.98. The molecule has 178 valence electrons. The number of rotatable bonds is 5. The molecular formula is C27H24FN3O3S. The van der Waals surface area contributed by atoms with E-state index < -0.39 is 10.7 Å². The summed E-state index contributed by atoms with van der Waals surface area (Å²) in [4.78, 5) is 41.7. The summed E-state index contributed by atoms with van der Waals surface area (Å²) in [6, 6.07) is 18.6. The zero-order valence-electron chi connectivity index (χ0n) is 19.4. The average molecular weight is 490 g/mol. The van der Waals surface area contributed by atoms with E-state index in [0.29, 0.717) is 16.9 Å². The van der Waals surface area contributed by atoms with Crippen molar-refractivity contribution in [1.82, 2.24) is 0 Å². The van der Waals surface area contributed by atoms with Crippen LogP contribution in [-0.4, -0.2) is 30.0 Å². The van der Waals surface area contributed by atoms with Gasteiger partial charge < -0.3 is 5.32 Å². The van der Waals surface area contributed by atoms with E-state index in [4.69, 9.17) is 0 Å². The molecule has 8 heteroatoms. The van der Waals surface area contributed by atoms with Crippen LogP contribution in [0, 0.1) is 12.7 Å². The lowest BCUT2D eigenvalue weighted by atomic mass is 10.0. The van der Waals surface area contributed by atoms with Crippen LogP contribution in [0.5, 0.6) is 0 Å². The minimum Gasteiger partial charge on any atom is -0.324 e. The third-order valence-corrected chi connectivity index (χ3v) is 7.84. The van der Waals surface area contributed by atoms with E-state index in [9.17, 15) is 18.8 Å². The van der Waals surface area contributed by atoms with Crippen molar-refractivity contribution in [2.75, 3.05) is 27.4 Å². The summed E-state index contributed by atoms with van der Waals surface area (Å²) in [6.45, 7) is 3.76. The molecule has 3 aromatic rings. The molecule has 0 aliphatic carbocycles. The second kappa shape index (κ2) is 8.85. The van der Waals surface area contributed by atoms with Crippen LogP contribution in [-0.2, 0) is 25.7 Å². The maximum absolute atomic E-state index is 14.0. The summed E-state index contributed by atoms with van der Waals surface area (Å²) in [7, 11) is 0. The minimum absolute atomic E-state index is 0.0978. The maximum Gasteiger partial charge on any atom is 0.269 e. The van der Waals surface area contributed by atoms with Gasteiger partial charge in [0.25, 0.3) is 5.91 Å². The van der Waals surface area contributed by atoms with Crippen LogP contribution in [0.3, 0.4) is 0 Å². The van der Waals surface area contributed by atoms with Crippen LogP contribution < -0.4 is 15.1 Å². The standard InChI is InChI=1S/C27H24FN3O3S/c1-3-18-8-6-7-17(2)25(18)29-23(32)15-30-22-10-5-4-9-21(22)27(26(30)34)31(24(33)16-35-27)20-13-11-19(28)12-14-20/h4-14H,3,15-16H2,1-2H3,(H,29,32)/t27-/m1/s1. The Bertz CT molecular complexity index is 1340. The van der Waals surface area contributed by atoms with E-state index in [1.165, 1.54) is 45.8 Å². The maximum atomic E-state index is 14.0. The van der Waals surface area contributed by atoms with Crippen LogP contribution in [0.25, 0.3) is 0 Å². The van der Waals surface area contributed by atoms with Crippen LogP contribution in [0.4, 0.5) is 21.5 Å². The quantitative estimate of drug-likeness (QED) is 0.568. The Hall–Kier alpha value is -3.65. The van der Waals surface area contributed by atoms with E-state index in [-0.39, 0.29) is 30.0 Å². The molecule has 1 fully saturated rings. The molecule has 0 bridgehead atoms. The second-order valence-electron chi connectivity index (χ2n) is 8.56. The molecule has 2 aliphatic heterocycles. The first-order chi connectivity index (χ1) is 16.9. The fourth-order valence-electron chi connectivity index (χ4n) is 4.83. The van der Waals surface area contributed by atoms with Gasteiger partial charge in [0.15, 0.2) is 0 Å².